The fourth-order valence-corrected chi connectivity index (χ4v) is 6.19. The highest BCUT2D eigenvalue weighted by molar-refractivity contribution is 8.01. The summed E-state index contributed by atoms with van der Waals surface area (Å²) >= 11 is 3.75. The van der Waals surface area contributed by atoms with Gasteiger partial charge in [-0.3, -0.25) is 14.1 Å². The number of aryl methyl sites for hydroxylation is 1. The van der Waals surface area contributed by atoms with Crippen LogP contribution in [0.15, 0.2) is 32.2 Å². The molecule has 7 nitrogen and oxygen atoms in total. The monoisotopic (exact) mass is 416 g/mol. The molecule has 134 valence electrons. The van der Waals surface area contributed by atoms with Gasteiger partial charge in [-0.25, -0.2) is 8.42 Å². The van der Waals surface area contributed by atoms with Crippen LogP contribution in [0.5, 0.6) is 0 Å². The Bertz CT molecular complexity index is 1050. The number of thioether (sulfide) groups is 1. The van der Waals surface area contributed by atoms with Crippen LogP contribution in [0.25, 0.3) is 10.2 Å². The first kappa shape index (κ1) is 18.4. The van der Waals surface area contributed by atoms with Gasteiger partial charge in [-0.05, 0) is 30.4 Å². The number of nitrogens with zero attached hydrogens (tertiary/aromatic N) is 3. The van der Waals surface area contributed by atoms with Gasteiger partial charge in [0.1, 0.15) is 0 Å². The minimum Gasteiger partial charge on any atom is -0.299 e. The summed E-state index contributed by atoms with van der Waals surface area (Å²) in [5, 5.41) is 8.02. The second kappa shape index (κ2) is 7.44. The average molecular weight is 417 g/mol. The zero-order chi connectivity index (χ0) is 18.0. The molecule has 0 spiro atoms. The predicted octanol–water partition coefficient (Wildman–Crippen LogP) is 3.24. The number of aromatic nitrogens is 3. The van der Waals surface area contributed by atoms with E-state index in [1.807, 2.05) is 13.8 Å². The van der Waals surface area contributed by atoms with Gasteiger partial charge in [-0.2, -0.15) is 0 Å². The van der Waals surface area contributed by atoms with E-state index in [0.29, 0.717) is 15.6 Å². The SMILES string of the molecule is CCCn1c(=O)sc2cc(S(=O)(=O)Nc3nnc(SCC)s3)ccc21. The van der Waals surface area contributed by atoms with E-state index >= 15 is 0 Å². The lowest BCUT2D eigenvalue weighted by atomic mass is 10.3. The highest BCUT2D eigenvalue weighted by Gasteiger charge is 2.19. The Balaban J connectivity index is 1.92. The summed E-state index contributed by atoms with van der Waals surface area (Å²) in [5.74, 6) is 0.839. The molecule has 0 radical (unpaired) electrons. The molecule has 11 heteroatoms. The summed E-state index contributed by atoms with van der Waals surface area (Å²) in [6.07, 6.45) is 0.836. The fourth-order valence-electron chi connectivity index (χ4n) is 2.26. The molecule has 0 fully saturated rings. The van der Waals surface area contributed by atoms with Gasteiger partial charge in [0.15, 0.2) is 4.34 Å². The van der Waals surface area contributed by atoms with Crippen molar-refractivity contribution in [1.82, 2.24) is 14.8 Å². The molecule has 0 saturated carbocycles. The van der Waals surface area contributed by atoms with Gasteiger partial charge in [-0.15, -0.1) is 10.2 Å². The molecule has 25 heavy (non-hydrogen) atoms. The van der Waals surface area contributed by atoms with Gasteiger partial charge >= 0.3 is 4.87 Å². The maximum absolute atomic E-state index is 12.6. The third-order valence-corrected chi connectivity index (χ3v) is 7.56. The van der Waals surface area contributed by atoms with Gasteiger partial charge in [0.05, 0.1) is 15.1 Å². The van der Waals surface area contributed by atoms with E-state index in [-0.39, 0.29) is 14.9 Å². The van der Waals surface area contributed by atoms with Crippen molar-refractivity contribution in [1.29, 1.82) is 0 Å². The van der Waals surface area contributed by atoms with Crippen molar-refractivity contribution in [2.75, 3.05) is 10.5 Å². The van der Waals surface area contributed by atoms with Crippen LogP contribution >= 0.6 is 34.4 Å². The lowest BCUT2D eigenvalue weighted by Crippen LogP contribution is -2.13. The van der Waals surface area contributed by atoms with Crippen LogP contribution < -0.4 is 9.60 Å². The van der Waals surface area contributed by atoms with Crippen molar-refractivity contribution in [3.8, 4) is 0 Å². The summed E-state index contributed by atoms with van der Waals surface area (Å²) in [5.41, 5.74) is 0.758. The number of rotatable bonds is 7. The summed E-state index contributed by atoms with van der Waals surface area (Å²) in [7, 11) is -3.78. The number of hydrogen-bond acceptors (Lipinski definition) is 8. The highest BCUT2D eigenvalue weighted by atomic mass is 32.2. The van der Waals surface area contributed by atoms with E-state index in [2.05, 4.69) is 14.9 Å². The first-order chi connectivity index (χ1) is 11.9. The molecular formula is C14H16N4O3S4. The van der Waals surface area contributed by atoms with Crippen LogP contribution in [0.1, 0.15) is 20.3 Å². The molecule has 0 aliphatic rings. The summed E-state index contributed by atoms with van der Waals surface area (Å²) < 4.78 is 30.6. The predicted molar refractivity (Wildman–Crippen MR) is 103 cm³/mol. The Kier molecular flexibility index (Phi) is 5.46. The van der Waals surface area contributed by atoms with Gasteiger partial charge in [0.2, 0.25) is 5.13 Å². The van der Waals surface area contributed by atoms with Crippen LogP contribution in [-0.4, -0.2) is 28.9 Å². The molecule has 2 aromatic heterocycles. The third kappa shape index (κ3) is 3.89. The Labute approximate surface area is 157 Å². The fraction of sp³-hybridized carbons (Fsp3) is 0.357. The Hall–Kier alpha value is -1.43. The Morgan fingerprint density at radius 1 is 1.24 bits per heavy atom. The van der Waals surface area contributed by atoms with E-state index in [1.165, 1.54) is 35.2 Å². The first-order valence-electron chi connectivity index (χ1n) is 7.57. The van der Waals surface area contributed by atoms with Gasteiger partial charge < -0.3 is 0 Å². The molecule has 0 atom stereocenters. The molecular weight excluding hydrogens is 400 g/mol. The summed E-state index contributed by atoms with van der Waals surface area (Å²) in [6.45, 7) is 4.60. The number of sulfonamides is 1. The zero-order valence-corrected chi connectivity index (χ0v) is 16.8. The topological polar surface area (TPSA) is 94.0 Å². The summed E-state index contributed by atoms with van der Waals surface area (Å²) in [4.78, 5) is 12.1. The molecule has 1 N–H and O–H groups in total. The van der Waals surface area contributed by atoms with Crippen LogP contribution in [-0.2, 0) is 16.6 Å². The smallest absolute Gasteiger partial charge is 0.299 e. The molecule has 3 rings (SSSR count). The molecule has 2 heterocycles. The van der Waals surface area contributed by atoms with Crippen molar-refractivity contribution < 1.29 is 8.42 Å². The van der Waals surface area contributed by atoms with E-state index in [4.69, 9.17) is 0 Å². The second-order valence-corrected chi connectivity index (χ2v) is 10.2. The van der Waals surface area contributed by atoms with Crippen molar-refractivity contribution >= 4 is 59.8 Å². The van der Waals surface area contributed by atoms with E-state index in [9.17, 15) is 13.2 Å². The van der Waals surface area contributed by atoms with Crippen LogP contribution in [0, 0.1) is 0 Å². The van der Waals surface area contributed by atoms with Crippen LogP contribution in [0.3, 0.4) is 0 Å². The Morgan fingerprint density at radius 2 is 2.04 bits per heavy atom. The van der Waals surface area contributed by atoms with Crippen molar-refractivity contribution in [3.05, 3.63) is 27.9 Å². The van der Waals surface area contributed by atoms with Crippen LogP contribution in [0.4, 0.5) is 5.13 Å². The summed E-state index contributed by atoms with van der Waals surface area (Å²) in [6, 6.07) is 4.71. The van der Waals surface area contributed by atoms with E-state index in [0.717, 1.165) is 29.0 Å². The molecule has 1 aromatic carbocycles. The number of nitrogens with one attached hydrogen (secondary N) is 1. The normalized spacial score (nSPS) is 11.9. The van der Waals surface area contributed by atoms with Crippen molar-refractivity contribution in [3.63, 3.8) is 0 Å². The second-order valence-electron chi connectivity index (χ2n) is 5.06. The Morgan fingerprint density at radius 3 is 2.76 bits per heavy atom. The lowest BCUT2D eigenvalue weighted by Gasteiger charge is -2.05. The molecule has 0 aliphatic heterocycles. The first-order valence-corrected chi connectivity index (χ1v) is 11.7. The van der Waals surface area contributed by atoms with Crippen molar-refractivity contribution in [2.24, 2.45) is 0 Å². The maximum Gasteiger partial charge on any atom is 0.308 e. The number of fused-ring (bicyclic) bond motifs is 1. The van der Waals surface area contributed by atoms with Gasteiger partial charge in [0.25, 0.3) is 10.0 Å². The average Bonchev–Trinajstić information content (AvgIpc) is 3.12. The number of thiazole rings is 1. The largest absolute Gasteiger partial charge is 0.308 e. The minimum absolute atomic E-state index is 0.0790. The minimum atomic E-state index is -3.78. The standard InChI is InChI=1S/C14H16N4O3S4/c1-3-7-18-10-6-5-9(8-11(10)23-14(18)19)25(20,21)17-12-15-16-13(24-12)22-4-2/h5-6,8H,3-4,7H2,1-2H3,(H,15,17). The zero-order valence-electron chi connectivity index (χ0n) is 13.6. The quantitative estimate of drug-likeness (QED) is 0.594. The van der Waals surface area contributed by atoms with Gasteiger partial charge in [0, 0.05) is 6.54 Å². The maximum atomic E-state index is 12.6. The number of hydrogen-bond donors (Lipinski definition) is 1. The molecule has 0 amide bonds. The molecule has 3 aromatic rings. The highest BCUT2D eigenvalue weighted by Crippen LogP contribution is 2.28. The number of benzene rings is 1. The molecule has 0 saturated heterocycles. The van der Waals surface area contributed by atoms with Gasteiger partial charge in [-0.1, -0.05) is 48.3 Å². The van der Waals surface area contributed by atoms with E-state index in [1.54, 1.807) is 10.6 Å². The molecule has 0 aliphatic carbocycles. The molecule has 0 unspecified atom stereocenters. The molecule has 0 bridgehead atoms. The number of anilines is 1. The lowest BCUT2D eigenvalue weighted by molar-refractivity contribution is 0.601. The van der Waals surface area contributed by atoms with E-state index < -0.39 is 10.0 Å². The van der Waals surface area contributed by atoms with Crippen molar-refractivity contribution in [2.45, 2.75) is 36.0 Å². The third-order valence-electron chi connectivity index (χ3n) is 3.29. The van der Waals surface area contributed by atoms with Crippen LogP contribution in [0.2, 0.25) is 0 Å².